The maximum atomic E-state index is 13.4. The SMILES string of the molecule is COCCCn1c(C)cc(C(=O)N2CCCC(c3nc(C4CCOCC4)no3)C2)c1C. The molecule has 2 saturated heterocycles. The predicted octanol–water partition coefficient (Wildman–Crippen LogP) is 3.44. The third-order valence-electron chi connectivity index (χ3n) is 6.64. The number of nitrogens with zero attached hydrogens (tertiary/aromatic N) is 4. The fourth-order valence-corrected chi connectivity index (χ4v) is 4.80. The quantitative estimate of drug-likeness (QED) is 0.626. The van der Waals surface area contributed by atoms with Crippen molar-refractivity contribution in [3.8, 4) is 0 Å². The monoisotopic (exact) mass is 430 g/mol. The van der Waals surface area contributed by atoms with Crippen LogP contribution in [0.1, 0.15) is 77.4 Å². The maximum absolute atomic E-state index is 13.4. The third-order valence-corrected chi connectivity index (χ3v) is 6.64. The van der Waals surface area contributed by atoms with E-state index in [-0.39, 0.29) is 11.8 Å². The van der Waals surface area contributed by atoms with Crippen molar-refractivity contribution in [3.05, 3.63) is 34.7 Å². The van der Waals surface area contributed by atoms with Gasteiger partial charge in [-0.3, -0.25) is 4.79 Å². The van der Waals surface area contributed by atoms with E-state index in [9.17, 15) is 4.79 Å². The molecule has 0 aliphatic carbocycles. The van der Waals surface area contributed by atoms with Gasteiger partial charge in [0.1, 0.15) is 0 Å². The molecule has 8 heteroatoms. The molecule has 0 N–H and O–H groups in total. The second-order valence-corrected chi connectivity index (χ2v) is 8.75. The number of piperidine rings is 1. The third kappa shape index (κ3) is 4.85. The fourth-order valence-electron chi connectivity index (χ4n) is 4.80. The van der Waals surface area contributed by atoms with E-state index in [2.05, 4.69) is 16.6 Å². The van der Waals surface area contributed by atoms with Crippen molar-refractivity contribution in [1.29, 1.82) is 0 Å². The second-order valence-electron chi connectivity index (χ2n) is 8.75. The van der Waals surface area contributed by atoms with E-state index >= 15 is 0 Å². The van der Waals surface area contributed by atoms with Gasteiger partial charge in [-0.15, -0.1) is 0 Å². The highest BCUT2D eigenvalue weighted by atomic mass is 16.5. The van der Waals surface area contributed by atoms with Crippen LogP contribution in [-0.4, -0.2) is 65.5 Å². The van der Waals surface area contributed by atoms with Crippen LogP contribution in [0.4, 0.5) is 0 Å². The maximum Gasteiger partial charge on any atom is 0.255 e. The molecule has 2 aromatic rings. The minimum atomic E-state index is 0.0972. The topological polar surface area (TPSA) is 82.6 Å². The summed E-state index contributed by atoms with van der Waals surface area (Å²) >= 11 is 0. The van der Waals surface area contributed by atoms with Gasteiger partial charge < -0.3 is 23.5 Å². The Hall–Kier alpha value is -2.19. The summed E-state index contributed by atoms with van der Waals surface area (Å²) in [6, 6.07) is 2.02. The molecule has 1 atom stereocenters. The fraction of sp³-hybridized carbons (Fsp3) is 0.696. The van der Waals surface area contributed by atoms with Crippen molar-refractivity contribution in [2.75, 3.05) is 40.0 Å². The van der Waals surface area contributed by atoms with Gasteiger partial charge in [0.25, 0.3) is 5.91 Å². The summed E-state index contributed by atoms with van der Waals surface area (Å²) in [4.78, 5) is 20.0. The van der Waals surface area contributed by atoms with Gasteiger partial charge in [0.2, 0.25) is 5.89 Å². The highest BCUT2D eigenvalue weighted by molar-refractivity contribution is 5.95. The Morgan fingerprint density at radius 1 is 1.23 bits per heavy atom. The van der Waals surface area contributed by atoms with E-state index in [0.29, 0.717) is 25.0 Å². The number of ether oxygens (including phenoxy) is 2. The zero-order valence-electron chi connectivity index (χ0n) is 18.9. The van der Waals surface area contributed by atoms with Gasteiger partial charge in [-0.2, -0.15) is 4.98 Å². The Kier molecular flexibility index (Phi) is 7.07. The highest BCUT2D eigenvalue weighted by Crippen LogP contribution is 2.30. The molecule has 0 bridgehead atoms. The molecule has 31 heavy (non-hydrogen) atoms. The number of carbonyl (C=O) groups is 1. The van der Waals surface area contributed by atoms with Crippen molar-refractivity contribution in [1.82, 2.24) is 19.6 Å². The van der Waals surface area contributed by atoms with Crippen LogP contribution in [-0.2, 0) is 16.0 Å². The summed E-state index contributed by atoms with van der Waals surface area (Å²) in [5.74, 6) is 1.98. The molecule has 2 aromatic heterocycles. The summed E-state index contributed by atoms with van der Waals surface area (Å²) < 4.78 is 18.5. The van der Waals surface area contributed by atoms with E-state index in [4.69, 9.17) is 19.0 Å². The number of rotatable bonds is 7. The minimum Gasteiger partial charge on any atom is -0.385 e. The van der Waals surface area contributed by atoms with Gasteiger partial charge in [-0.05, 0) is 52.0 Å². The molecular weight excluding hydrogens is 396 g/mol. The number of likely N-dealkylation sites (tertiary alicyclic amines) is 1. The zero-order valence-corrected chi connectivity index (χ0v) is 18.9. The first-order chi connectivity index (χ1) is 15.1. The van der Waals surface area contributed by atoms with Gasteiger partial charge in [-0.25, -0.2) is 0 Å². The van der Waals surface area contributed by atoms with Crippen molar-refractivity contribution < 1.29 is 18.8 Å². The van der Waals surface area contributed by atoms with E-state index < -0.39 is 0 Å². The van der Waals surface area contributed by atoms with Gasteiger partial charge in [-0.1, -0.05) is 5.16 Å². The summed E-state index contributed by atoms with van der Waals surface area (Å²) in [5.41, 5.74) is 2.94. The predicted molar refractivity (Wildman–Crippen MR) is 115 cm³/mol. The summed E-state index contributed by atoms with van der Waals surface area (Å²) in [7, 11) is 1.72. The van der Waals surface area contributed by atoms with Gasteiger partial charge >= 0.3 is 0 Å². The Labute approximate surface area is 183 Å². The Morgan fingerprint density at radius 3 is 2.81 bits per heavy atom. The van der Waals surface area contributed by atoms with Gasteiger partial charge in [0.05, 0.1) is 11.5 Å². The molecule has 0 spiro atoms. The Balaban J connectivity index is 1.43. The molecule has 1 amide bonds. The van der Waals surface area contributed by atoms with Crippen molar-refractivity contribution in [2.45, 2.75) is 64.3 Å². The largest absolute Gasteiger partial charge is 0.385 e. The molecule has 0 saturated carbocycles. The normalized spacial score (nSPS) is 20.4. The summed E-state index contributed by atoms with van der Waals surface area (Å²) in [6.07, 6.45) is 4.72. The van der Waals surface area contributed by atoms with Crippen molar-refractivity contribution in [3.63, 3.8) is 0 Å². The zero-order chi connectivity index (χ0) is 21.8. The van der Waals surface area contributed by atoms with Crippen LogP contribution in [0, 0.1) is 13.8 Å². The van der Waals surface area contributed by atoms with Crippen LogP contribution < -0.4 is 0 Å². The van der Waals surface area contributed by atoms with Crippen LogP contribution in [0.3, 0.4) is 0 Å². The van der Waals surface area contributed by atoms with E-state index in [0.717, 1.165) is 81.2 Å². The van der Waals surface area contributed by atoms with Crippen LogP contribution in [0.15, 0.2) is 10.6 Å². The molecule has 2 aliphatic heterocycles. The lowest BCUT2D eigenvalue weighted by atomic mass is 9.96. The van der Waals surface area contributed by atoms with Crippen LogP contribution in [0.5, 0.6) is 0 Å². The first kappa shape index (κ1) is 22.0. The standard InChI is InChI=1S/C23H34N4O4/c1-16-14-20(17(2)27(16)10-5-11-29-3)23(28)26-9-4-6-19(15-26)22-24-21(25-31-22)18-7-12-30-13-8-18/h14,18-19H,4-13,15H2,1-3H3. The van der Waals surface area contributed by atoms with Crippen LogP contribution in [0.25, 0.3) is 0 Å². The number of aromatic nitrogens is 3. The number of hydrogen-bond acceptors (Lipinski definition) is 6. The number of hydrogen-bond donors (Lipinski definition) is 0. The molecule has 1 unspecified atom stereocenters. The van der Waals surface area contributed by atoms with Crippen molar-refractivity contribution in [2.24, 2.45) is 0 Å². The van der Waals surface area contributed by atoms with E-state index in [1.165, 1.54) is 0 Å². The summed E-state index contributed by atoms with van der Waals surface area (Å²) in [6.45, 7) is 8.57. The Morgan fingerprint density at radius 2 is 2.03 bits per heavy atom. The molecular formula is C23H34N4O4. The number of amides is 1. The second kappa shape index (κ2) is 9.96. The average Bonchev–Trinajstić information content (AvgIpc) is 3.40. The highest BCUT2D eigenvalue weighted by Gasteiger charge is 2.31. The Bertz CT molecular complexity index is 884. The molecule has 8 nitrogen and oxygen atoms in total. The number of methoxy groups -OCH3 is 1. The lowest BCUT2D eigenvalue weighted by molar-refractivity contribution is 0.0694. The number of aryl methyl sites for hydroxylation is 1. The van der Waals surface area contributed by atoms with Crippen LogP contribution >= 0.6 is 0 Å². The summed E-state index contributed by atoms with van der Waals surface area (Å²) in [5, 5.41) is 4.25. The van der Waals surface area contributed by atoms with Gasteiger partial charge in [0.15, 0.2) is 5.82 Å². The van der Waals surface area contributed by atoms with E-state index in [1.54, 1.807) is 7.11 Å². The van der Waals surface area contributed by atoms with Crippen molar-refractivity contribution >= 4 is 5.91 Å². The van der Waals surface area contributed by atoms with Gasteiger partial charge in [0, 0.05) is 63.9 Å². The first-order valence-electron chi connectivity index (χ1n) is 11.4. The number of carbonyl (C=O) groups excluding carboxylic acids is 1. The lowest BCUT2D eigenvalue weighted by Crippen LogP contribution is -2.39. The molecule has 0 radical (unpaired) electrons. The molecule has 2 fully saturated rings. The van der Waals surface area contributed by atoms with Crippen LogP contribution in [0.2, 0.25) is 0 Å². The smallest absolute Gasteiger partial charge is 0.255 e. The molecule has 4 rings (SSSR count). The average molecular weight is 431 g/mol. The minimum absolute atomic E-state index is 0.0972. The molecule has 4 heterocycles. The molecule has 2 aliphatic rings. The lowest BCUT2D eigenvalue weighted by Gasteiger charge is -2.31. The first-order valence-corrected chi connectivity index (χ1v) is 11.4. The molecule has 170 valence electrons. The molecule has 0 aromatic carbocycles. The van der Waals surface area contributed by atoms with E-state index in [1.807, 2.05) is 17.9 Å².